The summed E-state index contributed by atoms with van der Waals surface area (Å²) in [5.41, 5.74) is 1.32. The topological polar surface area (TPSA) is 172 Å². The fourth-order valence-corrected chi connectivity index (χ4v) is 10.2. The number of carbonyl (C=O) groups is 5. The van der Waals surface area contributed by atoms with Crippen molar-refractivity contribution in [1.82, 2.24) is 0 Å². The van der Waals surface area contributed by atoms with Crippen molar-refractivity contribution in [3.05, 3.63) is 47.6 Å². The van der Waals surface area contributed by atoms with Gasteiger partial charge in [-0.05, 0) is 94.1 Å². The first-order valence-corrected chi connectivity index (χ1v) is 23.6. The molecule has 4 rings (SSSR count). The SMILES string of the molecule is COC1CC2CC[C@@H](C)[C@@](O)(O2)C(=O)C(=O)C2CCCC[C@H]2C(=O)OC([C@H](C)C[C@@H]2CCC[C@H](OC)C2)CC(=O)C/C=C(\C)[C@@H](O)C(OC)C(=O)[C@H](C)C[C@H](C)/C=C/C=CC=C1C. The molecule has 0 aromatic carbocycles. The van der Waals surface area contributed by atoms with E-state index in [2.05, 4.69) is 0 Å². The Bertz CT molecular complexity index is 1680. The third-order valence-corrected chi connectivity index (χ3v) is 14.4. The number of Topliss-reactive ketones (excluding diaryl/α,β-unsaturated/α-hetero) is 4. The lowest BCUT2D eigenvalue weighted by atomic mass is 9.73. The normalized spacial score (nSPS) is 38.7. The van der Waals surface area contributed by atoms with Gasteiger partial charge in [0.1, 0.15) is 24.1 Å². The number of carbonyl (C=O) groups excluding carboxylic acids is 5. The molecule has 4 aliphatic rings. The van der Waals surface area contributed by atoms with Crippen molar-refractivity contribution < 1.29 is 57.9 Å². The molecule has 2 aliphatic carbocycles. The number of hydrogen-bond donors (Lipinski definition) is 2. The van der Waals surface area contributed by atoms with Crippen LogP contribution in [-0.2, 0) is 47.7 Å². The quantitative estimate of drug-likeness (QED) is 0.150. The van der Waals surface area contributed by atoms with Crippen LogP contribution < -0.4 is 0 Å². The Morgan fingerprint density at radius 3 is 2.21 bits per heavy atom. The summed E-state index contributed by atoms with van der Waals surface area (Å²) in [7, 11) is 4.70. The van der Waals surface area contributed by atoms with E-state index in [1.807, 2.05) is 58.1 Å². The average molecular weight is 883 g/mol. The highest BCUT2D eigenvalue weighted by atomic mass is 16.6. The molecule has 0 aromatic heterocycles. The minimum Gasteiger partial charge on any atom is -0.461 e. The third kappa shape index (κ3) is 14.4. The van der Waals surface area contributed by atoms with Crippen LogP contribution >= 0.6 is 0 Å². The van der Waals surface area contributed by atoms with E-state index < -0.39 is 77.5 Å². The van der Waals surface area contributed by atoms with Crippen LogP contribution in [0.1, 0.15) is 138 Å². The molecule has 0 spiro atoms. The maximum atomic E-state index is 14.3. The Morgan fingerprint density at radius 1 is 0.810 bits per heavy atom. The van der Waals surface area contributed by atoms with Crippen LogP contribution in [0.15, 0.2) is 47.6 Å². The van der Waals surface area contributed by atoms with Crippen molar-refractivity contribution in [3.8, 4) is 0 Å². The molecular weight excluding hydrogens is 805 g/mol. The fourth-order valence-electron chi connectivity index (χ4n) is 10.2. The molecule has 1 saturated heterocycles. The second-order valence-electron chi connectivity index (χ2n) is 19.3. The predicted octanol–water partition coefficient (Wildman–Crippen LogP) is 7.96. The maximum absolute atomic E-state index is 14.3. The number of ether oxygens (including phenoxy) is 5. The number of hydrogen-bond acceptors (Lipinski definition) is 12. The number of aliphatic hydroxyl groups is 2. The van der Waals surface area contributed by atoms with Crippen molar-refractivity contribution >= 4 is 29.1 Å². The second-order valence-corrected chi connectivity index (χ2v) is 19.3. The van der Waals surface area contributed by atoms with Crippen LogP contribution in [0.4, 0.5) is 0 Å². The highest BCUT2D eigenvalue weighted by Crippen LogP contribution is 2.40. The molecule has 2 heterocycles. The number of allylic oxidation sites excluding steroid dienone is 6. The van der Waals surface area contributed by atoms with Crippen molar-refractivity contribution in [2.75, 3.05) is 21.3 Å². The van der Waals surface area contributed by atoms with Gasteiger partial charge in [0.25, 0.3) is 5.78 Å². The predicted molar refractivity (Wildman–Crippen MR) is 240 cm³/mol. The van der Waals surface area contributed by atoms with Crippen molar-refractivity contribution in [2.24, 2.45) is 41.4 Å². The number of methoxy groups -OCH3 is 3. The molecule has 2 N–H and O–H groups in total. The van der Waals surface area contributed by atoms with Crippen molar-refractivity contribution in [2.45, 2.75) is 180 Å². The molecule has 3 fully saturated rings. The summed E-state index contributed by atoms with van der Waals surface area (Å²) in [6, 6.07) is 0. The lowest BCUT2D eigenvalue weighted by Crippen LogP contribution is -2.57. The summed E-state index contributed by atoms with van der Waals surface area (Å²) in [5.74, 6) is -8.20. The van der Waals surface area contributed by atoms with E-state index in [0.717, 1.165) is 31.3 Å². The first-order chi connectivity index (χ1) is 29.9. The van der Waals surface area contributed by atoms with Crippen LogP contribution in [0.5, 0.6) is 0 Å². The second kappa shape index (κ2) is 25.0. The number of fused-ring (bicyclic) bond motifs is 3. The maximum Gasteiger partial charge on any atom is 0.309 e. The molecule has 2 bridgehead atoms. The Hall–Kier alpha value is -3.13. The van der Waals surface area contributed by atoms with Gasteiger partial charge >= 0.3 is 5.97 Å². The van der Waals surface area contributed by atoms with E-state index in [9.17, 15) is 34.2 Å². The van der Waals surface area contributed by atoms with Gasteiger partial charge in [0.2, 0.25) is 11.6 Å². The van der Waals surface area contributed by atoms with E-state index in [4.69, 9.17) is 23.7 Å². The first-order valence-electron chi connectivity index (χ1n) is 23.6. The van der Waals surface area contributed by atoms with Crippen molar-refractivity contribution in [1.29, 1.82) is 0 Å². The number of cyclic esters (lactones) is 1. The molecular formula is C51H78O12. The molecule has 12 nitrogen and oxygen atoms in total. The van der Waals surface area contributed by atoms with Crippen LogP contribution in [0.3, 0.4) is 0 Å². The van der Waals surface area contributed by atoms with E-state index in [-0.39, 0.29) is 48.8 Å². The van der Waals surface area contributed by atoms with Gasteiger partial charge in [0.15, 0.2) is 5.78 Å². The van der Waals surface area contributed by atoms with Gasteiger partial charge in [-0.1, -0.05) is 89.8 Å². The monoisotopic (exact) mass is 883 g/mol. The van der Waals surface area contributed by atoms with Crippen molar-refractivity contribution in [3.63, 3.8) is 0 Å². The van der Waals surface area contributed by atoms with Crippen LogP contribution in [0.2, 0.25) is 0 Å². The summed E-state index contributed by atoms with van der Waals surface area (Å²) < 4.78 is 29.5. The summed E-state index contributed by atoms with van der Waals surface area (Å²) in [5, 5.41) is 23.2. The Morgan fingerprint density at radius 2 is 1.52 bits per heavy atom. The van der Waals surface area contributed by atoms with E-state index in [1.165, 1.54) is 7.11 Å². The van der Waals surface area contributed by atoms with Crippen LogP contribution in [0.25, 0.3) is 0 Å². The van der Waals surface area contributed by atoms with Gasteiger partial charge in [-0.15, -0.1) is 0 Å². The average Bonchev–Trinajstić information content (AvgIpc) is 3.27. The molecule has 63 heavy (non-hydrogen) atoms. The highest BCUT2D eigenvalue weighted by Gasteiger charge is 2.53. The molecule has 0 amide bonds. The van der Waals surface area contributed by atoms with Crippen LogP contribution in [-0.4, -0.2) is 103 Å². The molecule has 12 heteroatoms. The lowest BCUT2D eigenvalue weighted by Gasteiger charge is -2.42. The van der Waals surface area contributed by atoms with Gasteiger partial charge in [0, 0.05) is 58.3 Å². The third-order valence-electron chi connectivity index (χ3n) is 14.4. The van der Waals surface area contributed by atoms with Gasteiger partial charge in [0.05, 0.1) is 24.2 Å². The molecule has 2 aliphatic heterocycles. The Balaban J connectivity index is 1.67. The van der Waals surface area contributed by atoms with E-state index >= 15 is 0 Å². The number of aliphatic hydroxyl groups excluding tert-OH is 1. The molecule has 354 valence electrons. The number of rotatable bonds is 6. The lowest BCUT2D eigenvalue weighted by molar-refractivity contribution is -0.265. The summed E-state index contributed by atoms with van der Waals surface area (Å²) in [4.78, 5) is 70.1. The minimum atomic E-state index is -2.36. The molecule has 0 radical (unpaired) electrons. The first kappa shape index (κ1) is 52.5. The highest BCUT2D eigenvalue weighted by molar-refractivity contribution is 6.41. The number of esters is 1. The standard InChI is InChI=1S/C51H78O12/c1-31-16-11-10-12-17-32(2)43(60-8)30-40-25-23-36(6)51(58,63-40)49(56)47(55)41-20-13-14-21-42(41)50(57)62-44(34(4)27-37-18-15-19-39(28-37)59-7)29-38(52)24-22-33(3)45(53)48(61-9)46(54)35(5)26-31/h10-12,16-17,22,31,34-37,39-45,48,53,58H,13-15,18-21,23-30H2,1-9H3/b12-10?,16-11+,32-17?,33-22+/t31-,34-,35-,36-,37+,39+,40?,41?,42-,43?,44?,45-,48?,51-/m1/s1. The zero-order valence-corrected chi connectivity index (χ0v) is 39.6. The molecule has 2 saturated carbocycles. The molecule has 0 aromatic rings. The summed E-state index contributed by atoms with van der Waals surface area (Å²) in [6.07, 6.45) is 15.4. The molecule has 14 atom stereocenters. The van der Waals surface area contributed by atoms with Crippen LogP contribution in [0, 0.1) is 41.4 Å². The summed E-state index contributed by atoms with van der Waals surface area (Å²) in [6.45, 7) is 11.1. The van der Waals surface area contributed by atoms with Gasteiger partial charge in [-0.25, -0.2) is 0 Å². The Kier molecular flexibility index (Phi) is 20.8. The number of ketones is 4. The Labute approximate surface area is 376 Å². The van der Waals surface area contributed by atoms with Gasteiger partial charge in [-0.2, -0.15) is 0 Å². The molecule has 5 unspecified atom stereocenters. The smallest absolute Gasteiger partial charge is 0.309 e. The minimum absolute atomic E-state index is 0.0393. The zero-order chi connectivity index (χ0) is 46.4. The van der Waals surface area contributed by atoms with E-state index in [0.29, 0.717) is 62.9 Å². The fraction of sp³-hybridized carbons (Fsp3) is 0.745. The van der Waals surface area contributed by atoms with Gasteiger partial charge in [-0.3, -0.25) is 24.0 Å². The summed E-state index contributed by atoms with van der Waals surface area (Å²) >= 11 is 0. The van der Waals surface area contributed by atoms with E-state index in [1.54, 1.807) is 34.1 Å². The largest absolute Gasteiger partial charge is 0.461 e. The zero-order valence-electron chi connectivity index (χ0n) is 39.6. The van der Waals surface area contributed by atoms with Gasteiger partial charge < -0.3 is 33.9 Å².